The molecule has 0 unspecified atom stereocenters. The van der Waals surface area contributed by atoms with Crippen molar-refractivity contribution in [1.29, 1.82) is 0 Å². The van der Waals surface area contributed by atoms with Gasteiger partial charge in [0.15, 0.2) is 5.13 Å². The van der Waals surface area contributed by atoms with Gasteiger partial charge >= 0.3 is 5.00 Å². The van der Waals surface area contributed by atoms with Gasteiger partial charge in [0.1, 0.15) is 11.9 Å². The number of aromatic nitrogens is 2. The Balaban J connectivity index is 2.13. The van der Waals surface area contributed by atoms with Gasteiger partial charge in [-0.15, -0.1) is 0 Å². The van der Waals surface area contributed by atoms with Crippen LogP contribution in [0.1, 0.15) is 10.5 Å². The van der Waals surface area contributed by atoms with E-state index in [1.54, 1.807) is 0 Å². The molecule has 1 amide bonds. The van der Waals surface area contributed by atoms with E-state index < -0.39 is 16.8 Å². The third-order valence-corrected chi connectivity index (χ3v) is 2.71. The summed E-state index contributed by atoms with van der Waals surface area (Å²) >= 11 is 0.705. The molecule has 2 rings (SSSR count). The molecular formula is C9H5FN4O3S. The number of amides is 1. The highest BCUT2D eigenvalue weighted by Gasteiger charge is 2.15. The molecule has 0 aliphatic carbocycles. The van der Waals surface area contributed by atoms with Gasteiger partial charge < -0.3 is 0 Å². The Morgan fingerprint density at radius 1 is 1.50 bits per heavy atom. The highest BCUT2D eigenvalue weighted by molar-refractivity contribution is 7.18. The number of rotatable bonds is 3. The summed E-state index contributed by atoms with van der Waals surface area (Å²) < 4.78 is 12.8. The lowest BCUT2D eigenvalue weighted by Crippen LogP contribution is -2.13. The van der Waals surface area contributed by atoms with Crippen molar-refractivity contribution in [3.63, 3.8) is 0 Å². The normalized spacial score (nSPS) is 10.1. The molecule has 18 heavy (non-hydrogen) atoms. The molecule has 0 fully saturated rings. The second kappa shape index (κ2) is 4.84. The average molecular weight is 268 g/mol. The molecule has 2 heterocycles. The summed E-state index contributed by atoms with van der Waals surface area (Å²) in [5.41, 5.74) is -0.132. The maximum absolute atomic E-state index is 12.8. The van der Waals surface area contributed by atoms with Crippen molar-refractivity contribution in [3.05, 3.63) is 46.2 Å². The van der Waals surface area contributed by atoms with Gasteiger partial charge in [-0.3, -0.25) is 20.2 Å². The number of carbonyl (C=O) groups is 1. The number of nitro groups is 1. The van der Waals surface area contributed by atoms with Gasteiger partial charge in [-0.1, -0.05) is 6.07 Å². The predicted molar refractivity (Wildman–Crippen MR) is 60.9 cm³/mol. The molecule has 0 aliphatic rings. The minimum absolute atomic E-state index is 0.0535. The van der Waals surface area contributed by atoms with Crippen LogP contribution in [0.2, 0.25) is 0 Å². The Bertz CT molecular complexity index is 615. The van der Waals surface area contributed by atoms with Gasteiger partial charge in [0.2, 0.25) is 5.95 Å². The second-order valence-electron chi connectivity index (χ2n) is 3.06. The minimum atomic E-state index is -0.784. The van der Waals surface area contributed by atoms with E-state index >= 15 is 0 Å². The molecule has 0 aliphatic heterocycles. The van der Waals surface area contributed by atoms with E-state index in [0.717, 1.165) is 12.3 Å². The van der Waals surface area contributed by atoms with E-state index in [-0.39, 0.29) is 15.8 Å². The SMILES string of the molecule is O=C(Nc1ncc([N+](=O)[O-])s1)c1cccc(F)n1. The highest BCUT2D eigenvalue weighted by atomic mass is 32.1. The van der Waals surface area contributed by atoms with Crippen molar-refractivity contribution in [2.45, 2.75) is 0 Å². The standard InChI is InChI=1S/C9H5FN4O3S/c10-6-3-1-2-5(12-6)8(15)13-9-11-4-7(18-9)14(16)17/h1-4H,(H,11,13,15). The molecule has 0 aromatic carbocycles. The smallest absolute Gasteiger partial charge is 0.296 e. The van der Waals surface area contributed by atoms with Crippen LogP contribution in [0.3, 0.4) is 0 Å². The Kier molecular flexibility index (Phi) is 3.24. The van der Waals surface area contributed by atoms with Crippen LogP contribution in [0.5, 0.6) is 0 Å². The summed E-state index contributed by atoms with van der Waals surface area (Å²) in [6.45, 7) is 0. The molecule has 1 N–H and O–H groups in total. The molecule has 9 heteroatoms. The zero-order chi connectivity index (χ0) is 13.1. The topological polar surface area (TPSA) is 98.0 Å². The molecule has 0 saturated heterocycles. The van der Waals surface area contributed by atoms with Crippen LogP contribution in [0.25, 0.3) is 0 Å². The Morgan fingerprint density at radius 3 is 2.89 bits per heavy atom. The van der Waals surface area contributed by atoms with Crippen LogP contribution < -0.4 is 5.32 Å². The first kappa shape index (κ1) is 12.0. The summed E-state index contributed by atoms with van der Waals surface area (Å²) in [7, 11) is 0. The van der Waals surface area contributed by atoms with Gasteiger partial charge in [0.05, 0.1) is 4.92 Å². The van der Waals surface area contributed by atoms with Crippen molar-refractivity contribution in [1.82, 2.24) is 9.97 Å². The lowest BCUT2D eigenvalue weighted by molar-refractivity contribution is -0.380. The van der Waals surface area contributed by atoms with Gasteiger partial charge in [-0.05, 0) is 23.5 Å². The average Bonchev–Trinajstić information content (AvgIpc) is 2.77. The lowest BCUT2D eigenvalue weighted by Gasteiger charge is -1.99. The van der Waals surface area contributed by atoms with Crippen molar-refractivity contribution in [2.75, 3.05) is 5.32 Å². The predicted octanol–water partition coefficient (Wildman–Crippen LogP) is 1.84. The van der Waals surface area contributed by atoms with Gasteiger partial charge in [-0.25, -0.2) is 9.97 Å². The van der Waals surface area contributed by atoms with E-state index in [9.17, 15) is 19.3 Å². The molecule has 0 spiro atoms. The molecule has 7 nitrogen and oxygen atoms in total. The maximum atomic E-state index is 12.8. The number of anilines is 1. The van der Waals surface area contributed by atoms with E-state index in [2.05, 4.69) is 15.3 Å². The molecule has 0 atom stereocenters. The molecule has 0 bridgehead atoms. The first-order valence-electron chi connectivity index (χ1n) is 4.60. The summed E-state index contributed by atoms with van der Waals surface area (Å²) in [6, 6.07) is 3.76. The molecule has 2 aromatic heterocycles. The Hall–Kier alpha value is -2.42. The fourth-order valence-corrected chi connectivity index (χ4v) is 1.73. The van der Waals surface area contributed by atoms with Crippen LogP contribution in [-0.4, -0.2) is 20.8 Å². The molecule has 92 valence electrons. The number of carbonyl (C=O) groups excluding carboxylic acids is 1. The largest absolute Gasteiger partial charge is 0.345 e. The minimum Gasteiger partial charge on any atom is -0.296 e. The van der Waals surface area contributed by atoms with E-state index in [1.165, 1.54) is 12.1 Å². The second-order valence-corrected chi connectivity index (χ2v) is 4.07. The summed E-state index contributed by atoms with van der Waals surface area (Å²) in [4.78, 5) is 28.4. The number of hydrogen-bond acceptors (Lipinski definition) is 6. The number of nitrogens with one attached hydrogen (secondary N) is 1. The molecule has 0 saturated carbocycles. The van der Waals surface area contributed by atoms with Crippen LogP contribution in [0.15, 0.2) is 24.4 Å². The van der Waals surface area contributed by atoms with Gasteiger partial charge in [-0.2, -0.15) is 4.39 Å². The van der Waals surface area contributed by atoms with Crippen LogP contribution in [0.4, 0.5) is 14.5 Å². The van der Waals surface area contributed by atoms with Crippen LogP contribution in [0, 0.1) is 16.1 Å². The van der Waals surface area contributed by atoms with E-state index in [1.807, 2.05) is 0 Å². The number of halogens is 1. The zero-order valence-corrected chi connectivity index (χ0v) is 9.48. The van der Waals surface area contributed by atoms with Crippen molar-refractivity contribution in [3.8, 4) is 0 Å². The number of pyridine rings is 1. The summed E-state index contributed by atoms with van der Waals surface area (Å²) in [5.74, 6) is -1.47. The first-order chi connectivity index (χ1) is 8.56. The van der Waals surface area contributed by atoms with Crippen molar-refractivity contribution < 1.29 is 14.1 Å². The van der Waals surface area contributed by atoms with Crippen LogP contribution >= 0.6 is 11.3 Å². The Morgan fingerprint density at radius 2 is 2.28 bits per heavy atom. The number of thiazole rings is 1. The fraction of sp³-hybridized carbons (Fsp3) is 0. The summed E-state index contributed by atoms with van der Waals surface area (Å²) in [6.07, 6.45) is 1.03. The Labute approximate surface area is 103 Å². The van der Waals surface area contributed by atoms with Crippen LogP contribution in [-0.2, 0) is 0 Å². The third kappa shape index (κ3) is 2.63. The monoisotopic (exact) mass is 268 g/mol. The molecule has 0 radical (unpaired) electrons. The fourth-order valence-electron chi connectivity index (χ4n) is 1.10. The zero-order valence-electron chi connectivity index (χ0n) is 8.66. The molecule has 2 aromatic rings. The lowest BCUT2D eigenvalue weighted by atomic mass is 10.3. The summed E-state index contributed by atoms with van der Waals surface area (Å²) in [5, 5.41) is 12.6. The van der Waals surface area contributed by atoms with Crippen molar-refractivity contribution in [2.24, 2.45) is 0 Å². The number of hydrogen-bond donors (Lipinski definition) is 1. The van der Waals surface area contributed by atoms with Gasteiger partial charge in [0, 0.05) is 0 Å². The van der Waals surface area contributed by atoms with E-state index in [4.69, 9.17) is 0 Å². The highest BCUT2D eigenvalue weighted by Crippen LogP contribution is 2.25. The van der Waals surface area contributed by atoms with Gasteiger partial charge in [0.25, 0.3) is 5.91 Å². The third-order valence-electron chi connectivity index (χ3n) is 1.84. The van der Waals surface area contributed by atoms with Crippen molar-refractivity contribution >= 4 is 27.4 Å². The molecular weight excluding hydrogens is 263 g/mol. The quantitative estimate of drug-likeness (QED) is 0.520. The maximum Gasteiger partial charge on any atom is 0.345 e. The first-order valence-corrected chi connectivity index (χ1v) is 5.42. The van der Waals surface area contributed by atoms with E-state index in [0.29, 0.717) is 11.3 Å². The number of nitrogens with zero attached hydrogens (tertiary/aromatic N) is 3.